The van der Waals surface area contributed by atoms with Gasteiger partial charge in [0.05, 0.1) is 23.9 Å². The van der Waals surface area contributed by atoms with Crippen molar-refractivity contribution in [2.24, 2.45) is 5.73 Å². The molecule has 0 aliphatic heterocycles. The molecule has 0 aliphatic rings. The molecule has 1 aromatic rings. The summed E-state index contributed by atoms with van der Waals surface area (Å²) in [4.78, 5) is 11.8. The van der Waals surface area contributed by atoms with E-state index >= 15 is 0 Å². The molecule has 0 saturated carbocycles. The summed E-state index contributed by atoms with van der Waals surface area (Å²) < 4.78 is 41.6. The molecule has 23 heavy (non-hydrogen) atoms. The molecule has 1 unspecified atom stereocenters. The molecule has 10 heteroatoms. The van der Waals surface area contributed by atoms with E-state index in [1.807, 2.05) is 0 Å². The van der Waals surface area contributed by atoms with Gasteiger partial charge in [-0.1, -0.05) is 12.1 Å². The summed E-state index contributed by atoms with van der Waals surface area (Å²) in [5.74, 6) is -0.381. The quantitative estimate of drug-likeness (QED) is 0.682. The molecule has 0 aromatic heterocycles. The molecule has 0 bridgehead atoms. The second-order valence-electron chi connectivity index (χ2n) is 4.36. The number of nitrogens with two attached hydrogens (primary N) is 1. The molecule has 5 nitrogen and oxygen atoms in total. The molecular weight excluding hydrogens is 358 g/mol. The van der Waals surface area contributed by atoms with Crippen molar-refractivity contribution in [3.63, 3.8) is 0 Å². The third kappa shape index (κ3) is 9.50. The molecule has 0 radical (unpaired) electrons. The molecule has 4 N–H and O–H groups in total. The van der Waals surface area contributed by atoms with E-state index in [-0.39, 0.29) is 55.1 Å². The maximum absolute atomic E-state index is 12.2. The number of benzene rings is 1. The van der Waals surface area contributed by atoms with Crippen LogP contribution < -0.4 is 16.4 Å². The van der Waals surface area contributed by atoms with Crippen LogP contribution in [0.4, 0.5) is 24.5 Å². The lowest BCUT2D eigenvalue weighted by Crippen LogP contribution is -2.28. The van der Waals surface area contributed by atoms with Gasteiger partial charge in [0, 0.05) is 13.7 Å². The van der Waals surface area contributed by atoms with Crippen LogP contribution in [-0.4, -0.2) is 38.4 Å². The molecule has 0 saturated heterocycles. The number of para-hydroxylation sites is 2. The monoisotopic (exact) mass is 377 g/mol. The minimum Gasteiger partial charge on any atom is -0.380 e. The molecule has 1 rings (SSSR count). The first-order valence-corrected chi connectivity index (χ1v) is 6.28. The smallest absolute Gasteiger partial charge is 0.380 e. The van der Waals surface area contributed by atoms with E-state index in [0.717, 1.165) is 0 Å². The van der Waals surface area contributed by atoms with Gasteiger partial charge in [0.25, 0.3) is 0 Å². The van der Waals surface area contributed by atoms with Crippen LogP contribution in [0.5, 0.6) is 0 Å². The second kappa shape index (κ2) is 11.3. The molecule has 134 valence electrons. The average Bonchev–Trinajstić information content (AvgIpc) is 2.43. The highest BCUT2D eigenvalue weighted by Crippen LogP contribution is 2.23. The van der Waals surface area contributed by atoms with Gasteiger partial charge in [0.1, 0.15) is 6.54 Å². The Morgan fingerprint density at radius 1 is 1.26 bits per heavy atom. The van der Waals surface area contributed by atoms with Crippen LogP contribution in [0.15, 0.2) is 24.3 Å². The Labute approximate surface area is 145 Å². The highest BCUT2D eigenvalue weighted by atomic mass is 35.5. The van der Waals surface area contributed by atoms with Crippen LogP contribution in [0.3, 0.4) is 0 Å². The summed E-state index contributed by atoms with van der Waals surface area (Å²) in [5, 5.41) is 4.79. The average molecular weight is 378 g/mol. The van der Waals surface area contributed by atoms with Gasteiger partial charge in [0.15, 0.2) is 0 Å². The number of alkyl halides is 3. The number of hydrogen-bond acceptors (Lipinski definition) is 4. The van der Waals surface area contributed by atoms with Crippen molar-refractivity contribution >= 4 is 42.1 Å². The summed E-state index contributed by atoms with van der Waals surface area (Å²) in [6, 6.07) is 6.16. The third-order valence-corrected chi connectivity index (χ3v) is 2.69. The van der Waals surface area contributed by atoms with Crippen LogP contribution in [0.25, 0.3) is 0 Å². The van der Waals surface area contributed by atoms with E-state index in [1.54, 1.807) is 12.1 Å². The first-order valence-electron chi connectivity index (χ1n) is 6.28. The third-order valence-electron chi connectivity index (χ3n) is 2.69. The predicted molar refractivity (Wildman–Crippen MR) is 88.6 cm³/mol. The van der Waals surface area contributed by atoms with Gasteiger partial charge in [-0.2, -0.15) is 13.2 Å². The van der Waals surface area contributed by atoms with Gasteiger partial charge in [0.2, 0.25) is 5.91 Å². The molecular formula is C13H20Cl2F3N3O2. The number of methoxy groups -OCH3 is 1. The van der Waals surface area contributed by atoms with Crippen LogP contribution in [0, 0.1) is 0 Å². The van der Waals surface area contributed by atoms with E-state index in [9.17, 15) is 18.0 Å². The second-order valence-corrected chi connectivity index (χ2v) is 4.36. The maximum atomic E-state index is 12.2. The topological polar surface area (TPSA) is 76.4 Å². The van der Waals surface area contributed by atoms with E-state index in [2.05, 4.69) is 10.6 Å². The Kier molecular flexibility index (Phi) is 11.8. The summed E-state index contributed by atoms with van der Waals surface area (Å²) in [6.45, 7) is -0.999. The molecule has 1 atom stereocenters. The van der Waals surface area contributed by atoms with E-state index in [0.29, 0.717) is 0 Å². The first kappa shape index (κ1) is 24.0. The lowest BCUT2D eigenvalue weighted by atomic mass is 10.2. The number of anilines is 2. The number of ether oxygens (including phenoxy) is 1. The fraction of sp³-hybridized carbons (Fsp3) is 0.462. The summed E-state index contributed by atoms with van der Waals surface area (Å²) >= 11 is 0. The van der Waals surface area contributed by atoms with Gasteiger partial charge in [-0.05, 0) is 12.1 Å². The van der Waals surface area contributed by atoms with Gasteiger partial charge in [-0.3, -0.25) is 4.79 Å². The van der Waals surface area contributed by atoms with Crippen LogP contribution in [0.1, 0.15) is 6.42 Å². The number of hydrogen-bond donors (Lipinski definition) is 3. The Morgan fingerprint density at radius 3 is 2.30 bits per heavy atom. The van der Waals surface area contributed by atoms with Crippen molar-refractivity contribution in [3.8, 4) is 0 Å². The fourth-order valence-electron chi connectivity index (χ4n) is 1.61. The van der Waals surface area contributed by atoms with E-state index in [1.165, 1.54) is 19.2 Å². The maximum Gasteiger partial charge on any atom is 0.405 e. The van der Waals surface area contributed by atoms with Gasteiger partial charge < -0.3 is 21.1 Å². The molecule has 0 fully saturated rings. The lowest BCUT2D eigenvalue weighted by molar-refractivity contribution is -0.118. The molecule has 0 heterocycles. The van der Waals surface area contributed by atoms with E-state index in [4.69, 9.17) is 10.5 Å². The standard InChI is InChI=1S/C13H18F3N3O2.2ClH/c1-21-9(7-17)6-12(20)19-11-5-3-2-4-10(11)18-8-13(14,15)16;;/h2-5,9,18H,6-8,17H2,1H3,(H,19,20);2*1H. The molecule has 1 amide bonds. The number of carbonyl (C=O) groups excluding carboxylic acids is 1. The van der Waals surface area contributed by atoms with Crippen molar-refractivity contribution in [1.82, 2.24) is 0 Å². The van der Waals surface area contributed by atoms with Crippen molar-refractivity contribution in [2.45, 2.75) is 18.7 Å². The number of amides is 1. The zero-order valence-electron chi connectivity index (χ0n) is 12.4. The Morgan fingerprint density at radius 2 is 1.83 bits per heavy atom. The minimum absolute atomic E-state index is 0. The Hall–Kier alpha value is -1.22. The van der Waals surface area contributed by atoms with Crippen LogP contribution in [-0.2, 0) is 9.53 Å². The molecule has 1 aromatic carbocycles. The van der Waals surface area contributed by atoms with Gasteiger partial charge >= 0.3 is 6.18 Å². The highest BCUT2D eigenvalue weighted by Gasteiger charge is 2.27. The summed E-state index contributed by atoms with van der Waals surface area (Å²) in [7, 11) is 1.43. The number of nitrogens with one attached hydrogen (secondary N) is 2. The van der Waals surface area contributed by atoms with Crippen molar-refractivity contribution in [1.29, 1.82) is 0 Å². The number of carbonyl (C=O) groups is 1. The van der Waals surface area contributed by atoms with Crippen LogP contribution in [0.2, 0.25) is 0 Å². The van der Waals surface area contributed by atoms with E-state index < -0.39 is 18.8 Å². The van der Waals surface area contributed by atoms with Crippen LogP contribution >= 0.6 is 24.8 Å². The fourth-order valence-corrected chi connectivity index (χ4v) is 1.61. The Balaban J connectivity index is 0. The predicted octanol–water partition coefficient (Wildman–Crippen LogP) is 2.81. The Bertz CT molecular complexity index is 472. The summed E-state index contributed by atoms with van der Waals surface area (Å²) in [5.41, 5.74) is 5.88. The zero-order chi connectivity index (χ0) is 15.9. The number of rotatable bonds is 7. The van der Waals surface area contributed by atoms with Crippen molar-refractivity contribution in [3.05, 3.63) is 24.3 Å². The highest BCUT2D eigenvalue weighted by molar-refractivity contribution is 5.94. The van der Waals surface area contributed by atoms with Gasteiger partial charge in [-0.25, -0.2) is 0 Å². The van der Waals surface area contributed by atoms with Gasteiger partial charge in [-0.15, -0.1) is 24.8 Å². The lowest BCUT2D eigenvalue weighted by Gasteiger charge is -2.16. The minimum atomic E-state index is -4.34. The molecule has 0 aliphatic carbocycles. The molecule has 0 spiro atoms. The first-order chi connectivity index (χ1) is 9.85. The SMILES string of the molecule is COC(CN)CC(=O)Nc1ccccc1NCC(F)(F)F.Cl.Cl. The van der Waals surface area contributed by atoms with Crippen molar-refractivity contribution in [2.75, 3.05) is 30.8 Å². The van der Waals surface area contributed by atoms with Crippen molar-refractivity contribution < 1.29 is 22.7 Å². The normalized spacial score (nSPS) is 11.7. The zero-order valence-corrected chi connectivity index (χ0v) is 14.0. The largest absolute Gasteiger partial charge is 0.405 e. The summed E-state index contributed by atoms with van der Waals surface area (Å²) in [6.07, 6.45) is -4.74. The number of halogens is 5.